The van der Waals surface area contributed by atoms with Crippen molar-refractivity contribution in [3.05, 3.63) is 94.2 Å². The van der Waals surface area contributed by atoms with Gasteiger partial charge in [0.05, 0.1) is 16.8 Å². The topological polar surface area (TPSA) is 79.6 Å². The zero-order valence-corrected chi connectivity index (χ0v) is 17.9. The molecule has 0 saturated carbocycles. The Morgan fingerprint density at radius 2 is 1.50 bits per heavy atom. The third-order valence-corrected chi connectivity index (χ3v) is 5.85. The summed E-state index contributed by atoms with van der Waals surface area (Å²) in [6, 6.07) is 17.4. The number of anilines is 2. The fourth-order valence-electron chi connectivity index (χ4n) is 4.23. The smallest absolute Gasteiger partial charge is 0.291 e. The Balaban J connectivity index is 1.46. The van der Waals surface area contributed by atoms with Gasteiger partial charge in [0.2, 0.25) is 0 Å². The predicted molar refractivity (Wildman–Crippen MR) is 122 cm³/mol. The van der Waals surface area contributed by atoms with Gasteiger partial charge in [-0.05, 0) is 62.2 Å². The van der Waals surface area contributed by atoms with Crippen LogP contribution in [0.3, 0.4) is 0 Å². The minimum absolute atomic E-state index is 0.239. The van der Waals surface area contributed by atoms with E-state index in [1.807, 2.05) is 32.9 Å². The minimum atomic E-state index is -0.392. The average Bonchev–Trinajstić information content (AvgIpc) is 3.27. The van der Waals surface area contributed by atoms with Gasteiger partial charge in [-0.1, -0.05) is 30.3 Å². The van der Waals surface area contributed by atoms with Crippen LogP contribution in [0.4, 0.5) is 11.4 Å². The minimum Gasteiger partial charge on any atom is -0.450 e. The Morgan fingerprint density at radius 3 is 2.16 bits per heavy atom. The lowest BCUT2D eigenvalue weighted by Crippen LogP contribution is -2.29. The number of fused-ring (bicyclic) bond motifs is 2. The van der Waals surface area contributed by atoms with Gasteiger partial charge in [0, 0.05) is 16.6 Å². The Kier molecular flexibility index (Phi) is 4.44. The summed E-state index contributed by atoms with van der Waals surface area (Å²) in [5.41, 5.74) is 5.06. The number of rotatable bonds is 3. The maximum Gasteiger partial charge on any atom is 0.291 e. The molecule has 1 aromatic heterocycles. The van der Waals surface area contributed by atoms with Gasteiger partial charge in [0.25, 0.3) is 17.7 Å². The normalized spacial score (nSPS) is 13.0. The standard InChI is InChI=1S/C26H20N2O4/c1-14-11-12-15(2)22-21(14)16(3)23(32-22)24(29)27-17-7-6-8-18(13-17)28-25(30)19-9-4-5-10-20(19)26(28)31/h4-13H,1-3H3,(H,27,29). The first-order valence-corrected chi connectivity index (χ1v) is 10.3. The van der Waals surface area contributed by atoms with Gasteiger partial charge >= 0.3 is 0 Å². The van der Waals surface area contributed by atoms with E-state index in [2.05, 4.69) is 5.32 Å². The maximum absolute atomic E-state index is 13.0. The number of carbonyl (C=O) groups is 3. The Hall–Kier alpha value is -4.19. The number of aryl methyl sites for hydroxylation is 3. The Morgan fingerprint density at radius 1 is 0.844 bits per heavy atom. The molecule has 0 radical (unpaired) electrons. The molecule has 0 spiro atoms. The highest BCUT2D eigenvalue weighted by Crippen LogP contribution is 2.32. The van der Waals surface area contributed by atoms with E-state index in [9.17, 15) is 14.4 Å². The van der Waals surface area contributed by atoms with Crippen molar-refractivity contribution in [2.45, 2.75) is 20.8 Å². The molecule has 0 bridgehead atoms. The van der Waals surface area contributed by atoms with E-state index in [1.54, 1.807) is 48.5 Å². The van der Waals surface area contributed by atoms with Crippen LogP contribution in [0.1, 0.15) is 48.0 Å². The number of carbonyl (C=O) groups excluding carboxylic acids is 3. The summed E-state index contributed by atoms with van der Waals surface area (Å²) in [6.07, 6.45) is 0. The molecule has 6 heteroatoms. The van der Waals surface area contributed by atoms with Crippen LogP contribution in [-0.2, 0) is 0 Å². The molecule has 158 valence electrons. The Bertz CT molecular complexity index is 1410. The van der Waals surface area contributed by atoms with Crippen molar-refractivity contribution in [1.82, 2.24) is 0 Å². The van der Waals surface area contributed by atoms with E-state index in [1.165, 1.54) is 0 Å². The van der Waals surface area contributed by atoms with Gasteiger partial charge in [-0.3, -0.25) is 14.4 Å². The quantitative estimate of drug-likeness (QED) is 0.446. The molecule has 3 amide bonds. The summed E-state index contributed by atoms with van der Waals surface area (Å²) in [4.78, 5) is 39.7. The maximum atomic E-state index is 13.0. The number of nitrogens with zero attached hydrogens (tertiary/aromatic N) is 1. The van der Waals surface area contributed by atoms with Crippen LogP contribution in [0.5, 0.6) is 0 Å². The average molecular weight is 424 g/mol. The van der Waals surface area contributed by atoms with Crippen molar-refractivity contribution in [3.8, 4) is 0 Å². The molecular formula is C26H20N2O4. The van der Waals surface area contributed by atoms with Crippen molar-refractivity contribution < 1.29 is 18.8 Å². The summed E-state index contributed by atoms with van der Waals surface area (Å²) in [5, 5.41) is 3.77. The number of hydrogen-bond donors (Lipinski definition) is 1. The summed E-state index contributed by atoms with van der Waals surface area (Å²) in [6.45, 7) is 5.79. The van der Waals surface area contributed by atoms with Crippen molar-refractivity contribution in [3.63, 3.8) is 0 Å². The number of amides is 3. The van der Waals surface area contributed by atoms with Crippen LogP contribution in [-0.4, -0.2) is 17.7 Å². The second kappa shape index (κ2) is 7.20. The van der Waals surface area contributed by atoms with Gasteiger partial charge in [0.15, 0.2) is 5.76 Å². The van der Waals surface area contributed by atoms with Crippen LogP contribution >= 0.6 is 0 Å². The molecule has 1 aliphatic rings. The largest absolute Gasteiger partial charge is 0.450 e. The summed E-state index contributed by atoms with van der Waals surface area (Å²) >= 11 is 0. The van der Waals surface area contributed by atoms with E-state index in [0.717, 1.165) is 27.0 Å². The number of imide groups is 1. The third kappa shape index (κ3) is 2.92. The SMILES string of the molecule is Cc1ccc(C)c2c(C)c(C(=O)Nc3cccc(N4C(=O)c5ccccc5C4=O)c3)oc12. The summed E-state index contributed by atoms with van der Waals surface area (Å²) in [7, 11) is 0. The van der Waals surface area contributed by atoms with E-state index >= 15 is 0 Å². The fourth-order valence-corrected chi connectivity index (χ4v) is 4.23. The number of benzene rings is 3. The molecule has 3 aromatic carbocycles. The van der Waals surface area contributed by atoms with Gasteiger partial charge in [-0.25, -0.2) is 4.90 Å². The molecular weight excluding hydrogens is 404 g/mol. The highest BCUT2D eigenvalue weighted by molar-refractivity contribution is 6.34. The molecule has 0 saturated heterocycles. The molecule has 1 aliphatic heterocycles. The van der Waals surface area contributed by atoms with Crippen LogP contribution in [0.15, 0.2) is 65.1 Å². The summed E-state index contributed by atoms with van der Waals surface area (Å²) < 4.78 is 5.92. The highest BCUT2D eigenvalue weighted by Gasteiger charge is 2.36. The molecule has 4 aromatic rings. The number of hydrogen-bond acceptors (Lipinski definition) is 4. The lowest BCUT2D eigenvalue weighted by atomic mass is 10.0. The summed E-state index contributed by atoms with van der Waals surface area (Å²) in [5.74, 6) is -0.915. The Labute approximate surface area is 184 Å². The fraction of sp³-hybridized carbons (Fsp3) is 0.115. The van der Waals surface area contributed by atoms with Crippen molar-refractivity contribution in [2.24, 2.45) is 0 Å². The third-order valence-electron chi connectivity index (χ3n) is 5.85. The van der Waals surface area contributed by atoms with Crippen LogP contribution in [0.2, 0.25) is 0 Å². The zero-order chi connectivity index (χ0) is 22.6. The van der Waals surface area contributed by atoms with Crippen LogP contribution in [0, 0.1) is 20.8 Å². The van der Waals surface area contributed by atoms with Gasteiger partial charge in [-0.2, -0.15) is 0 Å². The lowest BCUT2D eigenvalue weighted by molar-refractivity contribution is 0.0925. The highest BCUT2D eigenvalue weighted by atomic mass is 16.3. The molecule has 0 fully saturated rings. The van der Waals surface area contributed by atoms with Crippen molar-refractivity contribution in [2.75, 3.05) is 10.2 Å². The number of nitrogens with one attached hydrogen (secondary N) is 1. The molecule has 6 nitrogen and oxygen atoms in total. The molecule has 2 heterocycles. The molecule has 5 rings (SSSR count). The van der Waals surface area contributed by atoms with E-state index in [0.29, 0.717) is 28.1 Å². The zero-order valence-electron chi connectivity index (χ0n) is 17.9. The second-order valence-corrected chi connectivity index (χ2v) is 7.96. The number of furan rings is 1. The lowest BCUT2D eigenvalue weighted by Gasteiger charge is -2.15. The van der Waals surface area contributed by atoms with E-state index in [4.69, 9.17) is 4.42 Å². The first-order valence-electron chi connectivity index (χ1n) is 10.3. The van der Waals surface area contributed by atoms with Crippen LogP contribution < -0.4 is 10.2 Å². The molecule has 32 heavy (non-hydrogen) atoms. The van der Waals surface area contributed by atoms with E-state index in [-0.39, 0.29) is 17.6 Å². The van der Waals surface area contributed by atoms with Crippen LogP contribution in [0.25, 0.3) is 11.0 Å². The van der Waals surface area contributed by atoms with Gasteiger partial charge < -0.3 is 9.73 Å². The molecule has 0 atom stereocenters. The molecule has 1 N–H and O–H groups in total. The molecule has 0 unspecified atom stereocenters. The monoisotopic (exact) mass is 424 g/mol. The first kappa shape index (κ1) is 19.8. The second-order valence-electron chi connectivity index (χ2n) is 7.96. The predicted octanol–water partition coefficient (Wildman–Crippen LogP) is 5.41. The first-order chi connectivity index (χ1) is 15.4. The van der Waals surface area contributed by atoms with Crippen molar-refractivity contribution in [1.29, 1.82) is 0 Å². The van der Waals surface area contributed by atoms with E-state index < -0.39 is 5.91 Å². The van der Waals surface area contributed by atoms with Gasteiger partial charge in [-0.15, -0.1) is 0 Å². The van der Waals surface area contributed by atoms with Crippen molar-refractivity contribution >= 4 is 40.1 Å². The molecule has 0 aliphatic carbocycles. The van der Waals surface area contributed by atoms with Gasteiger partial charge in [0.1, 0.15) is 5.58 Å².